The highest BCUT2D eigenvalue weighted by molar-refractivity contribution is 6.02. The molecule has 5 heteroatoms. The number of carbonyl (C=O) groups excluding carboxylic acids is 1. The van der Waals surface area contributed by atoms with Crippen molar-refractivity contribution < 1.29 is 9.18 Å². The number of hydrogen-bond acceptors (Lipinski definition) is 3. The van der Waals surface area contributed by atoms with Gasteiger partial charge in [0, 0.05) is 16.3 Å². The van der Waals surface area contributed by atoms with E-state index < -0.39 is 5.91 Å². The fourth-order valence-corrected chi connectivity index (χ4v) is 3.05. The lowest BCUT2D eigenvalue weighted by Gasteiger charge is -2.08. The maximum absolute atomic E-state index is 14.5. The minimum atomic E-state index is -0.561. The molecule has 1 aromatic heterocycles. The van der Waals surface area contributed by atoms with Crippen molar-refractivity contribution in [3.63, 3.8) is 0 Å². The molecule has 3 aromatic carbocycles. The highest BCUT2D eigenvalue weighted by atomic mass is 19.1. The summed E-state index contributed by atoms with van der Waals surface area (Å²) < 4.78 is 14.5. The van der Waals surface area contributed by atoms with E-state index in [0.29, 0.717) is 33.4 Å². The number of benzene rings is 3. The molecule has 0 atom stereocenters. The monoisotopic (exact) mass is 369 g/mol. The van der Waals surface area contributed by atoms with E-state index in [4.69, 9.17) is 5.73 Å². The van der Waals surface area contributed by atoms with Gasteiger partial charge in [0.2, 0.25) is 0 Å². The van der Waals surface area contributed by atoms with Gasteiger partial charge >= 0.3 is 0 Å². The zero-order chi connectivity index (χ0) is 19.5. The molecule has 4 nitrogen and oxygen atoms in total. The second kappa shape index (κ2) is 7.40. The predicted molar refractivity (Wildman–Crippen MR) is 109 cm³/mol. The fourth-order valence-electron chi connectivity index (χ4n) is 3.05. The lowest BCUT2D eigenvalue weighted by Crippen LogP contribution is -2.10. The minimum Gasteiger partial charge on any atom is -0.366 e. The number of pyridine rings is 1. The number of rotatable bonds is 4. The van der Waals surface area contributed by atoms with E-state index in [9.17, 15) is 9.18 Å². The first-order valence-electron chi connectivity index (χ1n) is 8.71. The Balaban J connectivity index is 1.89. The zero-order valence-corrected chi connectivity index (χ0v) is 14.8. The van der Waals surface area contributed by atoms with Gasteiger partial charge in [-0.05, 0) is 24.3 Å². The maximum atomic E-state index is 14.5. The maximum Gasteiger partial charge on any atom is 0.250 e. The van der Waals surface area contributed by atoms with E-state index in [-0.39, 0.29) is 5.82 Å². The molecule has 0 saturated carbocycles. The van der Waals surface area contributed by atoms with Crippen LogP contribution >= 0.6 is 0 Å². The molecule has 0 radical (unpaired) electrons. The van der Waals surface area contributed by atoms with Crippen molar-refractivity contribution in [2.24, 2.45) is 10.7 Å². The van der Waals surface area contributed by atoms with Gasteiger partial charge in [-0.15, -0.1) is 0 Å². The topological polar surface area (TPSA) is 68.3 Å². The van der Waals surface area contributed by atoms with Gasteiger partial charge in [-0.1, -0.05) is 54.6 Å². The molecule has 28 heavy (non-hydrogen) atoms. The van der Waals surface area contributed by atoms with Gasteiger partial charge in [-0.25, -0.2) is 9.37 Å². The van der Waals surface area contributed by atoms with Crippen LogP contribution in [0.15, 0.2) is 83.9 Å². The van der Waals surface area contributed by atoms with Crippen molar-refractivity contribution in [2.45, 2.75) is 0 Å². The number of halogens is 1. The molecule has 0 aliphatic rings. The molecule has 0 fully saturated rings. The second-order valence-electron chi connectivity index (χ2n) is 6.23. The largest absolute Gasteiger partial charge is 0.366 e. The molecule has 2 N–H and O–H groups in total. The average Bonchev–Trinajstić information content (AvgIpc) is 2.73. The number of fused-ring (bicyclic) bond motifs is 1. The predicted octanol–water partition coefficient (Wildman–Crippen LogP) is 4.89. The van der Waals surface area contributed by atoms with Crippen molar-refractivity contribution in [1.82, 2.24) is 4.98 Å². The molecule has 0 unspecified atom stereocenters. The Labute approximate surface area is 161 Å². The van der Waals surface area contributed by atoms with E-state index >= 15 is 0 Å². The van der Waals surface area contributed by atoms with Crippen LogP contribution in [0.25, 0.3) is 22.0 Å². The van der Waals surface area contributed by atoms with Crippen LogP contribution in [-0.2, 0) is 0 Å². The molecule has 4 rings (SSSR count). The Bertz CT molecular complexity index is 1200. The van der Waals surface area contributed by atoms with Crippen LogP contribution < -0.4 is 5.73 Å². The summed E-state index contributed by atoms with van der Waals surface area (Å²) in [4.78, 5) is 20.7. The number of nitrogens with two attached hydrogens (primary N) is 1. The molecule has 0 bridgehead atoms. The summed E-state index contributed by atoms with van der Waals surface area (Å²) in [6, 6.07) is 22.9. The third kappa shape index (κ3) is 3.38. The van der Waals surface area contributed by atoms with Gasteiger partial charge in [0.25, 0.3) is 5.91 Å². The standard InChI is InChI=1S/C23H16FN3O/c24-19-11-6-10-16-18(19)13-21(15-7-2-1-3-8-15)27-22(16)14-26-20-12-5-4-9-17(20)23(25)28/h1-14H,(H2,25,28). The third-order valence-corrected chi connectivity index (χ3v) is 4.42. The van der Waals surface area contributed by atoms with Gasteiger partial charge in [0.1, 0.15) is 5.82 Å². The second-order valence-corrected chi connectivity index (χ2v) is 6.23. The Morgan fingerprint density at radius 3 is 2.46 bits per heavy atom. The number of amides is 1. The first kappa shape index (κ1) is 17.5. The van der Waals surface area contributed by atoms with Crippen LogP contribution in [-0.4, -0.2) is 17.1 Å². The highest BCUT2D eigenvalue weighted by Gasteiger charge is 2.10. The molecule has 0 aliphatic heterocycles. The van der Waals surface area contributed by atoms with Crippen LogP contribution in [0.5, 0.6) is 0 Å². The summed E-state index contributed by atoms with van der Waals surface area (Å²) >= 11 is 0. The molecule has 0 aliphatic carbocycles. The molecular weight excluding hydrogens is 353 g/mol. The number of para-hydroxylation sites is 1. The summed E-state index contributed by atoms with van der Waals surface area (Å²) in [5, 5.41) is 1.10. The van der Waals surface area contributed by atoms with Gasteiger partial charge in [-0.2, -0.15) is 0 Å². The summed E-state index contributed by atoms with van der Waals surface area (Å²) in [6.45, 7) is 0. The number of carbonyl (C=O) groups is 1. The number of aliphatic imine (C=N–C) groups is 1. The first-order chi connectivity index (χ1) is 13.6. The zero-order valence-electron chi connectivity index (χ0n) is 14.8. The average molecular weight is 369 g/mol. The van der Waals surface area contributed by atoms with Crippen LogP contribution in [0.3, 0.4) is 0 Å². The molecule has 1 heterocycles. The van der Waals surface area contributed by atoms with E-state index in [1.54, 1.807) is 42.5 Å². The van der Waals surface area contributed by atoms with Gasteiger partial charge in [-0.3, -0.25) is 9.79 Å². The number of nitrogens with zero attached hydrogens (tertiary/aromatic N) is 2. The van der Waals surface area contributed by atoms with Crippen LogP contribution in [0.1, 0.15) is 16.1 Å². The molecule has 0 spiro atoms. The number of hydrogen-bond donors (Lipinski definition) is 1. The van der Waals surface area contributed by atoms with Crippen LogP contribution in [0.4, 0.5) is 10.1 Å². The first-order valence-corrected chi connectivity index (χ1v) is 8.71. The summed E-state index contributed by atoms with van der Waals surface area (Å²) in [6.07, 6.45) is 1.54. The number of aromatic nitrogens is 1. The van der Waals surface area contributed by atoms with Gasteiger partial charge in [0.05, 0.1) is 28.9 Å². The van der Waals surface area contributed by atoms with Crippen molar-refractivity contribution in [3.8, 4) is 11.3 Å². The van der Waals surface area contributed by atoms with Crippen LogP contribution in [0, 0.1) is 5.82 Å². The molecular formula is C23H16FN3O. The Hall–Kier alpha value is -3.86. The molecule has 1 amide bonds. The molecule has 0 saturated heterocycles. The van der Waals surface area contributed by atoms with Crippen molar-refractivity contribution in [1.29, 1.82) is 0 Å². The fraction of sp³-hybridized carbons (Fsp3) is 0. The highest BCUT2D eigenvalue weighted by Crippen LogP contribution is 2.27. The smallest absolute Gasteiger partial charge is 0.250 e. The number of primary amides is 1. The van der Waals surface area contributed by atoms with Gasteiger partial charge < -0.3 is 5.73 Å². The minimum absolute atomic E-state index is 0.313. The van der Waals surface area contributed by atoms with E-state index in [1.807, 2.05) is 30.3 Å². The quantitative estimate of drug-likeness (QED) is 0.520. The summed E-state index contributed by atoms with van der Waals surface area (Å²) in [7, 11) is 0. The molecule has 136 valence electrons. The van der Waals surface area contributed by atoms with Crippen molar-refractivity contribution >= 4 is 28.6 Å². The Morgan fingerprint density at radius 1 is 0.929 bits per heavy atom. The van der Waals surface area contributed by atoms with E-state index in [0.717, 1.165) is 5.56 Å². The summed E-state index contributed by atoms with van der Waals surface area (Å²) in [5.74, 6) is -0.890. The third-order valence-electron chi connectivity index (χ3n) is 4.42. The van der Waals surface area contributed by atoms with E-state index in [2.05, 4.69) is 9.98 Å². The van der Waals surface area contributed by atoms with Gasteiger partial charge in [0.15, 0.2) is 0 Å². The van der Waals surface area contributed by atoms with Crippen molar-refractivity contribution in [2.75, 3.05) is 0 Å². The normalized spacial score (nSPS) is 11.2. The van der Waals surface area contributed by atoms with Crippen LogP contribution in [0.2, 0.25) is 0 Å². The summed E-state index contributed by atoms with van der Waals surface area (Å²) in [5.41, 5.74) is 8.19. The lowest BCUT2D eigenvalue weighted by molar-refractivity contribution is 0.100. The van der Waals surface area contributed by atoms with E-state index in [1.165, 1.54) is 12.3 Å². The Morgan fingerprint density at radius 2 is 1.68 bits per heavy atom. The Kier molecular flexibility index (Phi) is 4.64. The lowest BCUT2D eigenvalue weighted by atomic mass is 10.0. The van der Waals surface area contributed by atoms with Crippen molar-refractivity contribution in [3.05, 3.63) is 95.9 Å². The molecule has 4 aromatic rings. The SMILES string of the molecule is NC(=O)c1ccccc1N=Cc1nc(-c2ccccc2)cc2c(F)cccc12.